The van der Waals surface area contributed by atoms with E-state index < -0.39 is 0 Å². The van der Waals surface area contributed by atoms with Gasteiger partial charge in [-0.15, -0.1) is 0 Å². The summed E-state index contributed by atoms with van der Waals surface area (Å²) in [6, 6.07) is 5.61. The largest absolute Gasteiger partial charge is 0.495 e. The number of thiol groups is 1. The number of nitrogens with zero attached hydrogens (tertiary/aromatic N) is 1. The molecule has 0 amide bonds. The van der Waals surface area contributed by atoms with Crippen LogP contribution in [0.5, 0.6) is 5.75 Å². The number of hydrogen-bond acceptors (Lipinski definition) is 3. The summed E-state index contributed by atoms with van der Waals surface area (Å²) in [7, 11) is 1.59. The van der Waals surface area contributed by atoms with E-state index in [-0.39, 0.29) is 0 Å². The van der Waals surface area contributed by atoms with Crippen LogP contribution in [0.15, 0.2) is 24.4 Å². The minimum Gasteiger partial charge on any atom is -0.495 e. The summed E-state index contributed by atoms with van der Waals surface area (Å²) in [5, 5.41) is 0.585. The maximum atomic E-state index is 6.05. The second-order valence-electron chi connectivity index (χ2n) is 3.25. The summed E-state index contributed by atoms with van der Waals surface area (Å²) in [5.74, 6) is 2.09. The van der Waals surface area contributed by atoms with Crippen LogP contribution in [0.3, 0.4) is 0 Å². The number of imidazole rings is 1. The molecule has 16 heavy (non-hydrogen) atoms. The lowest BCUT2D eigenvalue weighted by Gasteiger charge is -2.04. The summed E-state index contributed by atoms with van der Waals surface area (Å²) in [6.07, 6.45) is 1.77. The standard InChI is InChI=1S/C11H11ClN2OS/c1-15-10-3-2-7(4-8(10)12)9-5-13-11(6-16)14-9/h2-5,16H,6H2,1H3,(H,13,14). The van der Waals surface area contributed by atoms with Crippen molar-refractivity contribution >= 4 is 24.2 Å². The molecule has 3 nitrogen and oxygen atoms in total. The third-order valence-corrected chi connectivity index (χ3v) is 2.84. The Hall–Kier alpha value is -1.13. The monoisotopic (exact) mass is 254 g/mol. The van der Waals surface area contributed by atoms with E-state index in [0.29, 0.717) is 16.5 Å². The Morgan fingerprint density at radius 2 is 2.31 bits per heavy atom. The van der Waals surface area contributed by atoms with Crippen molar-refractivity contribution in [1.82, 2.24) is 9.97 Å². The number of nitrogens with one attached hydrogen (secondary N) is 1. The van der Waals surface area contributed by atoms with Crippen LogP contribution in [-0.4, -0.2) is 17.1 Å². The molecule has 2 aromatic rings. The van der Waals surface area contributed by atoms with Crippen molar-refractivity contribution in [3.63, 3.8) is 0 Å². The summed E-state index contributed by atoms with van der Waals surface area (Å²) in [4.78, 5) is 7.33. The molecular formula is C11H11ClN2OS. The van der Waals surface area contributed by atoms with E-state index in [1.807, 2.05) is 18.2 Å². The second-order valence-corrected chi connectivity index (χ2v) is 3.97. The molecule has 0 aliphatic rings. The van der Waals surface area contributed by atoms with Crippen LogP contribution < -0.4 is 4.74 Å². The number of H-pyrrole nitrogens is 1. The normalized spacial score (nSPS) is 10.4. The van der Waals surface area contributed by atoms with E-state index >= 15 is 0 Å². The molecule has 1 heterocycles. The number of rotatable bonds is 3. The van der Waals surface area contributed by atoms with Gasteiger partial charge < -0.3 is 9.72 Å². The van der Waals surface area contributed by atoms with Crippen molar-refractivity contribution in [2.24, 2.45) is 0 Å². The molecular weight excluding hydrogens is 244 g/mol. The van der Waals surface area contributed by atoms with Crippen molar-refractivity contribution in [2.45, 2.75) is 5.75 Å². The van der Waals surface area contributed by atoms with Gasteiger partial charge in [0.2, 0.25) is 0 Å². The van der Waals surface area contributed by atoms with Gasteiger partial charge in [0.15, 0.2) is 0 Å². The van der Waals surface area contributed by atoms with E-state index in [2.05, 4.69) is 22.6 Å². The highest BCUT2D eigenvalue weighted by molar-refractivity contribution is 7.79. The molecule has 0 spiro atoms. The first-order valence-electron chi connectivity index (χ1n) is 4.73. The van der Waals surface area contributed by atoms with Crippen LogP contribution in [-0.2, 0) is 5.75 Å². The summed E-state index contributed by atoms with van der Waals surface area (Å²) >= 11 is 10.2. The van der Waals surface area contributed by atoms with Crippen LogP contribution in [0.25, 0.3) is 11.3 Å². The van der Waals surface area contributed by atoms with Gasteiger partial charge in [-0.25, -0.2) is 4.98 Å². The third kappa shape index (κ3) is 2.18. The smallest absolute Gasteiger partial charge is 0.137 e. The van der Waals surface area contributed by atoms with Crippen LogP contribution in [0.1, 0.15) is 5.82 Å². The number of benzene rings is 1. The van der Waals surface area contributed by atoms with Crippen LogP contribution >= 0.6 is 24.2 Å². The van der Waals surface area contributed by atoms with Crippen LogP contribution in [0.4, 0.5) is 0 Å². The molecule has 0 atom stereocenters. The number of halogens is 1. The lowest BCUT2D eigenvalue weighted by Crippen LogP contribution is -1.85. The quantitative estimate of drug-likeness (QED) is 0.826. The molecule has 1 aromatic carbocycles. The predicted octanol–water partition coefficient (Wildman–Crippen LogP) is 3.17. The van der Waals surface area contributed by atoms with E-state index in [1.54, 1.807) is 13.3 Å². The molecule has 0 aliphatic heterocycles. The van der Waals surface area contributed by atoms with E-state index in [1.165, 1.54) is 0 Å². The first kappa shape index (κ1) is 11.4. The number of aromatic nitrogens is 2. The maximum Gasteiger partial charge on any atom is 0.137 e. The molecule has 1 aromatic heterocycles. The summed E-state index contributed by atoms with van der Waals surface area (Å²) in [6.45, 7) is 0. The van der Waals surface area contributed by atoms with E-state index in [9.17, 15) is 0 Å². The van der Waals surface area contributed by atoms with Gasteiger partial charge in [0, 0.05) is 11.3 Å². The fourth-order valence-electron chi connectivity index (χ4n) is 1.42. The zero-order valence-electron chi connectivity index (χ0n) is 8.70. The van der Waals surface area contributed by atoms with Gasteiger partial charge in [-0.2, -0.15) is 12.6 Å². The molecule has 84 valence electrons. The van der Waals surface area contributed by atoms with Gasteiger partial charge in [0.25, 0.3) is 0 Å². The van der Waals surface area contributed by atoms with Gasteiger partial charge in [0.1, 0.15) is 11.6 Å². The Kier molecular flexibility index (Phi) is 3.41. The minimum atomic E-state index is 0.585. The third-order valence-electron chi connectivity index (χ3n) is 2.24. The Morgan fingerprint density at radius 3 is 2.88 bits per heavy atom. The van der Waals surface area contributed by atoms with Crippen molar-refractivity contribution in [3.05, 3.63) is 35.2 Å². The van der Waals surface area contributed by atoms with Gasteiger partial charge >= 0.3 is 0 Å². The minimum absolute atomic E-state index is 0.585. The van der Waals surface area contributed by atoms with Crippen LogP contribution in [0, 0.1) is 0 Å². The zero-order valence-corrected chi connectivity index (χ0v) is 10.3. The number of hydrogen-bond donors (Lipinski definition) is 2. The highest BCUT2D eigenvalue weighted by atomic mass is 35.5. The molecule has 2 rings (SSSR count). The van der Waals surface area contributed by atoms with Gasteiger partial charge in [-0.1, -0.05) is 11.6 Å². The molecule has 0 saturated carbocycles. The SMILES string of the molecule is COc1ccc(-c2cnc(CS)[nH]2)cc1Cl. The fraction of sp³-hybridized carbons (Fsp3) is 0.182. The lowest BCUT2D eigenvalue weighted by molar-refractivity contribution is 0.415. The topological polar surface area (TPSA) is 37.9 Å². The van der Waals surface area contributed by atoms with E-state index in [0.717, 1.165) is 17.1 Å². The fourth-order valence-corrected chi connectivity index (χ4v) is 1.84. The maximum absolute atomic E-state index is 6.05. The number of ether oxygens (including phenoxy) is 1. The molecule has 0 bridgehead atoms. The Morgan fingerprint density at radius 1 is 1.50 bits per heavy atom. The van der Waals surface area contributed by atoms with Crippen molar-refractivity contribution in [1.29, 1.82) is 0 Å². The zero-order chi connectivity index (χ0) is 11.5. The summed E-state index contributed by atoms with van der Waals surface area (Å²) < 4.78 is 5.09. The first-order valence-corrected chi connectivity index (χ1v) is 5.74. The Balaban J connectivity index is 2.37. The molecule has 0 unspecified atom stereocenters. The highest BCUT2D eigenvalue weighted by Crippen LogP contribution is 2.29. The molecule has 0 saturated heterocycles. The lowest BCUT2D eigenvalue weighted by atomic mass is 10.1. The van der Waals surface area contributed by atoms with Gasteiger partial charge in [0.05, 0.1) is 24.0 Å². The molecule has 0 radical (unpaired) electrons. The van der Waals surface area contributed by atoms with Crippen LogP contribution in [0.2, 0.25) is 5.02 Å². The van der Waals surface area contributed by atoms with Crippen molar-refractivity contribution in [2.75, 3.05) is 7.11 Å². The Labute approximate surface area is 104 Å². The molecule has 0 aliphatic carbocycles. The van der Waals surface area contributed by atoms with Gasteiger partial charge in [-0.3, -0.25) is 0 Å². The highest BCUT2D eigenvalue weighted by Gasteiger charge is 2.06. The predicted molar refractivity (Wildman–Crippen MR) is 68.3 cm³/mol. The Bertz CT molecular complexity index is 498. The molecule has 0 fully saturated rings. The average molecular weight is 255 g/mol. The van der Waals surface area contributed by atoms with Gasteiger partial charge in [-0.05, 0) is 18.2 Å². The number of methoxy groups -OCH3 is 1. The van der Waals surface area contributed by atoms with E-state index in [4.69, 9.17) is 16.3 Å². The number of aromatic amines is 1. The second kappa shape index (κ2) is 4.80. The average Bonchev–Trinajstić information content (AvgIpc) is 2.77. The molecule has 5 heteroatoms. The van der Waals surface area contributed by atoms with Crippen molar-refractivity contribution < 1.29 is 4.74 Å². The summed E-state index contributed by atoms with van der Waals surface area (Å²) in [5.41, 5.74) is 1.90. The first-order chi connectivity index (χ1) is 7.74. The molecule has 1 N–H and O–H groups in total. The van der Waals surface area contributed by atoms with Crippen molar-refractivity contribution in [3.8, 4) is 17.0 Å².